The lowest BCUT2D eigenvalue weighted by Crippen LogP contribution is -2.46. The topological polar surface area (TPSA) is 139 Å². The minimum absolute atomic E-state index is 0.155. The van der Waals surface area contributed by atoms with Gasteiger partial charge in [-0.2, -0.15) is 0 Å². The number of ether oxygens (including phenoxy) is 1. The molecule has 0 aliphatic rings. The molecule has 0 heterocycles. The molecule has 120 valence electrons. The molecule has 0 bridgehead atoms. The SMILES string of the molecule is CC(C)(C)OC(=O)[C@@](C)(N)c1ccc([N+](=O)[O-])cc1[N+](=O)[O-]. The van der Waals surface area contributed by atoms with Crippen LogP contribution in [0.1, 0.15) is 33.3 Å². The second-order valence-corrected chi connectivity index (χ2v) is 5.92. The number of rotatable bonds is 4. The summed E-state index contributed by atoms with van der Waals surface area (Å²) in [4.78, 5) is 32.4. The highest BCUT2D eigenvalue weighted by molar-refractivity contribution is 5.84. The molecule has 2 N–H and O–H groups in total. The molecule has 0 amide bonds. The lowest BCUT2D eigenvalue weighted by atomic mass is 9.91. The van der Waals surface area contributed by atoms with E-state index in [1.54, 1.807) is 20.8 Å². The third-order valence-corrected chi connectivity index (χ3v) is 2.77. The van der Waals surface area contributed by atoms with Gasteiger partial charge in [-0.05, 0) is 33.8 Å². The maximum Gasteiger partial charge on any atom is 0.331 e. The first-order valence-electron chi connectivity index (χ1n) is 6.32. The van der Waals surface area contributed by atoms with Gasteiger partial charge in [-0.25, -0.2) is 4.79 Å². The summed E-state index contributed by atoms with van der Waals surface area (Å²) in [5.74, 6) is -0.864. The fourth-order valence-electron chi connectivity index (χ4n) is 1.72. The van der Waals surface area contributed by atoms with Crippen LogP contribution in [0.4, 0.5) is 11.4 Å². The van der Waals surface area contributed by atoms with Gasteiger partial charge in [-0.15, -0.1) is 0 Å². The lowest BCUT2D eigenvalue weighted by molar-refractivity contribution is -0.394. The van der Waals surface area contributed by atoms with Gasteiger partial charge in [0.1, 0.15) is 11.1 Å². The number of nitro groups is 2. The predicted molar refractivity (Wildman–Crippen MR) is 77.1 cm³/mol. The monoisotopic (exact) mass is 311 g/mol. The molecule has 1 atom stereocenters. The smallest absolute Gasteiger partial charge is 0.331 e. The van der Waals surface area contributed by atoms with Crippen LogP contribution in [0.2, 0.25) is 0 Å². The number of nitrogens with zero attached hydrogens (tertiary/aromatic N) is 2. The summed E-state index contributed by atoms with van der Waals surface area (Å²) in [6.45, 7) is 6.15. The van der Waals surface area contributed by atoms with Crippen LogP contribution >= 0.6 is 0 Å². The predicted octanol–water partition coefficient (Wildman–Crippen LogP) is 2.02. The van der Waals surface area contributed by atoms with E-state index >= 15 is 0 Å². The van der Waals surface area contributed by atoms with Gasteiger partial charge in [0.15, 0.2) is 0 Å². The van der Waals surface area contributed by atoms with E-state index < -0.39 is 38.3 Å². The van der Waals surface area contributed by atoms with E-state index in [1.165, 1.54) is 6.92 Å². The highest BCUT2D eigenvalue weighted by Gasteiger charge is 2.40. The van der Waals surface area contributed by atoms with Crippen molar-refractivity contribution in [3.05, 3.63) is 44.0 Å². The van der Waals surface area contributed by atoms with Gasteiger partial charge in [0.05, 0.1) is 21.5 Å². The summed E-state index contributed by atoms with van der Waals surface area (Å²) >= 11 is 0. The molecule has 0 saturated carbocycles. The number of hydrogen-bond acceptors (Lipinski definition) is 7. The van der Waals surface area contributed by atoms with Crippen molar-refractivity contribution >= 4 is 17.3 Å². The summed E-state index contributed by atoms with van der Waals surface area (Å²) in [7, 11) is 0. The molecular weight excluding hydrogens is 294 g/mol. The normalized spacial score (nSPS) is 14.0. The van der Waals surface area contributed by atoms with Gasteiger partial charge < -0.3 is 10.5 Å². The molecule has 0 radical (unpaired) electrons. The fraction of sp³-hybridized carbons (Fsp3) is 0.462. The molecule has 0 spiro atoms. The van der Waals surface area contributed by atoms with E-state index in [2.05, 4.69) is 0 Å². The zero-order valence-corrected chi connectivity index (χ0v) is 12.7. The van der Waals surface area contributed by atoms with Crippen molar-refractivity contribution in [1.29, 1.82) is 0 Å². The van der Waals surface area contributed by atoms with E-state index in [0.717, 1.165) is 18.2 Å². The minimum atomic E-state index is -1.81. The van der Waals surface area contributed by atoms with Crippen LogP contribution in [0.5, 0.6) is 0 Å². The Labute approximate surface area is 126 Å². The van der Waals surface area contributed by atoms with Crippen molar-refractivity contribution in [1.82, 2.24) is 0 Å². The molecule has 0 saturated heterocycles. The number of benzene rings is 1. The van der Waals surface area contributed by atoms with E-state index in [-0.39, 0.29) is 5.56 Å². The van der Waals surface area contributed by atoms with Crippen LogP contribution in [0, 0.1) is 20.2 Å². The van der Waals surface area contributed by atoms with Crippen LogP contribution < -0.4 is 5.73 Å². The standard InChI is InChI=1S/C13H17N3O6/c1-12(2,3)22-11(17)13(4,14)9-6-5-8(15(18)19)7-10(9)16(20)21/h5-7H,14H2,1-4H3/t13-/m0/s1. The summed E-state index contributed by atoms with van der Waals surface area (Å²) in [6, 6.07) is 2.92. The quantitative estimate of drug-likeness (QED) is 0.509. The molecule has 0 aliphatic carbocycles. The zero-order chi connectivity index (χ0) is 17.3. The van der Waals surface area contributed by atoms with E-state index in [0.29, 0.717) is 0 Å². The molecule has 1 aromatic carbocycles. The average molecular weight is 311 g/mol. The second kappa shape index (κ2) is 5.68. The molecular formula is C13H17N3O6. The molecule has 22 heavy (non-hydrogen) atoms. The molecule has 0 aromatic heterocycles. The van der Waals surface area contributed by atoms with Gasteiger partial charge in [-0.1, -0.05) is 0 Å². The summed E-state index contributed by atoms with van der Waals surface area (Å²) in [6.07, 6.45) is 0. The fourth-order valence-corrected chi connectivity index (χ4v) is 1.72. The number of hydrogen-bond donors (Lipinski definition) is 1. The van der Waals surface area contributed by atoms with Crippen LogP contribution in [0.25, 0.3) is 0 Å². The Morgan fingerprint density at radius 1 is 1.14 bits per heavy atom. The van der Waals surface area contributed by atoms with Crippen LogP contribution in [0.3, 0.4) is 0 Å². The molecule has 0 fully saturated rings. The second-order valence-electron chi connectivity index (χ2n) is 5.92. The van der Waals surface area contributed by atoms with E-state index in [4.69, 9.17) is 10.5 Å². The molecule has 9 nitrogen and oxygen atoms in total. The van der Waals surface area contributed by atoms with Gasteiger partial charge in [0.2, 0.25) is 0 Å². The maximum absolute atomic E-state index is 12.2. The minimum Gasteiger partial charge on any atom is -0.458 e. The van der Waals surface area contributed by atoms with Crippen molar-refractivity contribution in [2.75, 3.05) is 0 Å². The molecule has 0 aliphatic heterocycles. The Hall–Kier alpha value is -2.55. The Balaban J connectivity index is 3.38. The zero-order valence-electron chi connectivity index (χ0n) is 12.7. The summed E-state index contributed by atoms with van der Waals surface area (Å²) in [5.41, 5.74) is 2.04. The van der Waals surface area contributed by atoms with Crippen molar-refractivity contribution in [3.8, 4) is 0 Å². The number of nitrogens with two attached hydrogens (primary N) is 1. The Morgan fingerprint density at radius 3 is 2.09 bits per heavy atom. The number of carbonyl (C=O) groups excluding carboxylic acids is 1. The third-order valence-electron chi connectivity index (χ3n) is 2.77. The summed E-state index contributed by atoms with van der Waals surface area (Å²) in [5, 5.41) is 21.8. The average Bonchev–Trinajstić information content (AvgIpc) is 2.35. The lowest BCUT2D eigenvalue weighted by Gasteiger charge is -2.28. The number of esters is 1. The highest BCUT2D eigenvalue weighted by atomic mass is 16.6. The van der Waals surface area contributed by atoms with Crippen molar-refractivity contribution < 1.29 is 19.4 Å². The molecule has 9 heteroatoms. The van der Waals surface area contributed by atoms with Gasteiger partial charge in [-0.3, -0.25) is 20.2 Å². The Bertz CT molecular complexity index is 633. The van der Waals surface area contributed by atoms with Crippen molar-refractivity contribution in [3.63, 3.8) is 0 Å². The number of non-ortho nitro benzene ring substituents is 1. The van der Waals surface area contributed by atoms with Crippen LogP contribution in [0.15, 0.2) is 18.2 Å². The Kier molecular flexibility index (Phi) is 4.52. The Morgan fingerprint density at radius 2 is 1.68 bits per heavy atom. The molecule has 0 unspecified atom stereocenters. The molecule has 1 rings (SSSR count). The highest BCUT2D eigenvalue weighted by Crippen LogP contribution is 2.33. The van der Waals surface area contributed by atoms with Crippen LogP contribution in [-0.2, 0) is 15.1 Å². The first kappa shape index (κ1) is 17.5. The van der Waals surface area contributed by atoms with Crippen LogP contribution in [-0.4, -0.2) is 21.4 Å². The van der Waals surface area contributed by atoms with Crippen molar-refractivity contribution in [2.24, 2.45) is 5.73 Å². The molecule has 1 aromatic rings. The first-order valence-corrected chi connectivity index (χ1v) is 6.32. The first-order chi connectivity index (χ1) is 9.86. The van der Waals surface area contributed by atoms with Gasteiger partial charge >= 0.3 is 5.97 Å². The van der Waals surface area contributed by atoms with Gasteiger partial charge in [0, 0.05) is 6.07 Å². The maximum atomic E-state index is 12.2. The van der Waals surface area contributed by atoms with E-state index in [1.807, 2.05) is 0 Å². The summed E-state index contributed by atoms with van der Waals surface area (Å²) < 4.78 is 5.15. The van der Waals surface area contributed by atoms with Crippen molar-refractivity contribution in [2.45, 2.75) is 38.8 Å². The van der Waals surface area contributed by atoms with Gasteiger partial charge in [0.25, 0.3) is 11.4 Å². The number of nitro benzene ring substituents is 2. The largest absolute Gasteiger partial charge is 0.458 e. The van der Waals surface area contributed by atoms with E-state index in [9.17, 15) is 25.0 Å². The third kappa shape index (κ3) is 3.76. The number of carbonyl (C=O) groups is 1.